The Hall–Kier alpha value is -1.69. The summed E-state index contributed by atoms with van der Waals surface area (Å²) in [5, 5.41) is 23.5. The molecule has 6 heteroatoms. The number of hydrogen-bond acceptors (Lipinski definition) is 5. The summed E-state index contributed by atoms with van der Waals surface area (Å²) >= 11 is 0. The summed E-state index contributed by atoms with van der Waals surface area (Å²) in [4.78, 5) is 14.2. The van der Waals surface area contributed by atoms with Crippen LogP contribution in [0.15, 0.2) is 12.3 Å². The number of pyridine rings is 1. The lowest BCUT2D eigenvalue weighted by atomic mass is 9.89. The lowest BCUT2D eigenvalue weighted by Gasteiger charge is -2.22. The van der Waals surface area contributed by atoms with Crippen LogP contribution >= 0.6 is 0 Å². The zero-order chi connectivity index (χ0) is 14.6. The van der Waals surface area contributed by atoms with E-state index in [0.717, 1.165) is 0 Å². The molecule has 0 aliphatic heterocycles. The van der Waals surface area contributed by atoms with Gasteiger partial charge in [-0.25, -0.2) is 4.98 Å². The number of rotatable bonds is 5. The quantitative estimate of drug-likeness (QED) is 0.632. The van der Waals surface area contributed by atoms with Gasteiger partial charge < -0.3 is 10.4 Å². The first-order valence-corrected chi connectivity index (χ1v) is 6.22. The molecule has 106 valence electrons. The summed E-state index contributed by atoms with van der Waals surface area (Å²) in [5.41, 5.74) is 0.605. The second-order valence-corrected chi connectivity index (χ2v) is 5.91. The average molecular weight is 267 g/mol. The summed E-state index contributed by atoms with van der Waals surface area (Å²) in [6.45, 7) is 8.22. The number of nitrogens with zero attached hydrogens (tertiary/aromatic N) is 2. The number of nitro groups is 1. The third-order valence-corrected chi connectivity index (χ3v) is 2.65. The van der Waals surface area contributed by atoms with E-state index in [-0.39, 0.29) is 11.1 Å². The highest BCUT2D eigenvalue weighted by molar-refractivity contribution is 5.46. The Morgan fingerprint density at radius 2 is 2.16 bits per heavy atom. The molecule has 0 bridgehead atoms. The molecule has 1 atom stereocenters. The maximum atomic E-state index is 10.7. The highest BCUT2D eigenvalue weighted by atomic mass is 16.6. The van der Waals surface area contributed by atoms with Crippen molar-refractivity contribution in [2.45, 2.75) is 40.2 Å². The molecule has 6 nitrogen and oxygen atoms in total. The normalized spacial score (nSPS) is 13.1. The number of aromatic nitrogens is 1. The molecule has 1 aromatic heterocycles. The van der Waals surface area contributed by atoms with E-state index in [1.807, 2.05) is 0 Å². The van der Waals surface area contributed by atoms with E-state index in [2.05, 4.69) is 31.1 Å². The molecule has 0 aliphatic rings. The first kappa shape index (κ1) is 15.4. The Kier molecular flexibility index (Phi) is 4.83. The summed E-state index contributed by atoms with van der Waals surface area (Å²) in [7, 11) is 0. The minimum absolute atomic E-state index is 0.000731. The van der Waals surface area contributed by atoms with Crippen molar-refractivity contribution in [3.63, 3.8) is 0 Å². The van der Waals surface area contributed by atoms with Crippen molar-refractivity contribution in [2.75, 3.05) is 11.9 Å². The molecular weight excluding hydrogens is 246 g/mol. The Morgan fingerprint density at radius 1 is 1.53 bits per heavy atom. The molecule has 1 unspecified atom stereocenters. The van der Waals surface area contributed by atoms with Gasteiger partial charge >= 0.3 is 0 Å². The van der Waals surface area contributed by atoms with Crippen LogP contribution in [-0.2, 0) is 0 Å². The summed E-state index contributed by atoms with van der Waals surface area (Å²) in [6, 6.07) is 1.61. The first-order valence-electron chi connectivity index (χ1n) is 6.22. The van der Waals surface area contributed by atoms with E-state index >= 15 is 0 Å². The van der Waals surface area contributed by atoms with E-state index in [1.54, 1.807) is 13.0 Å². The number of aryl methyl sites for hydroxylation is 1. The van der Waals surface area contributed by atoms with Crippen LogP contribution in [0.25, 0.3) is 0 Å². The summed E-state index contributed by atoms with van der Waals surface area (Å²) < 4.78 is 0. The number of aliphatic hydroxyl groups is 1. The topological polar surface area (TPSA) is 88.3 Å². The van der Waals surface area contributed by atoms with Crippen LogP contribution in [0.2, 0.25) is 0 Å². The highest BCUT2D eigenvalue weighted by Gasteiger charge is 2.17. The van der Waals surface area contributed by atoms with Gasteiger partial charge in [0.15, 0.2) is 0 Å². The molecule has 0 fully saturated rings. The highest BCUT2D eigenvalue weighted by Crippen LogP contribution is 2.22. The molecule has 19 heavy (non-hydrogen) atoms. The first-order chi connectivity index (χ1) is 8.69. The summed E-state index contributed by atoms with van der Waals surface area (Å²) in [6.07, 6.45) is 1.43. The molecule has 0 aliphatic carbocycles. The molecule has 1 heterocycles. The van der Waals surface area contributed by atoms with Gasteiger partial charge in [-0.3, -0.25) is 10.1 Å². The lowest BCUT2D eigenvalue weighted by Crippen LogP contribution is -2.25. The standard InChI is InChI=1S/C13H21N3O3/c1-9-5-12(15-8-11(9)16(18)19)14-7-10(17)6-13(2,3)4/h5,8,10,17H,6-7H2,1-4H3,(H,14,15). The smallest absolute Gasteiger partial charge is 0.290 e. The van der Waals surface area contributed by atoms with E-state index in [1.165, 1.54) is 6.20 Å². The number of nitrogens with one attached hydrogen (secondary N) is 1. The van der Waals surface area contributed by atoms with Gasteiger partial charge in [0.1, 0.15) is 12.0 Å². The minimum Gasteiger partial charge on any atom is -0.391 e. The van der Waals surface area contributed by atoms with Crippen molar-refractivity contribution in [1.29, 1.82) is 0 Å². The monoisotopic (exact) mass is 267 g/mol. The Labute approximate surface area is 113 Å². The Bertz CT molecular complexity index is 455. The van der Waals surface area contributed by atoms with Crippen LogP contribution in [0.1, 0.15) is 32.8 Å². The molecule has 0 saturated carbocycles. The van der Waals surface area contributed by atoms with Crippen molar-refractivity contribution in [1.82, 2.24) is 4.98 Å². The van der Waals surface area contributed by atoms with Crippen molar-refractivity contribution in [2.24, 2.45) is 5.41 Å². The molecule has 0 spiro atoms. The van der Waals surface area contributed by atoms with Gasteiger partial charge in [-0.15, -0.1) is 0 Å². The van der Waals surface area contributed by atoms with Crippen LogP contribution in [0.4, 0.5) is 11.5 Å². The second kappa shape index (κ2) is 5.97. The maximum Gasteiger partial charge on any atom is 0.290 e. The van der Waals surface area contributed by atoms with Crippen LogP contribution in [0, 0.1) is 22.5 Å². The van der Waals surface area contributed by atoms with E-state index in [0.29, 0.717) is 24.3 Å². The molecule has 1 aromatic rings. The summed E-state index contributed by atoms with van der Waals surface area (Å²) in [5.74, 6) is 0.538. The fourth-order valence-corrected chi connectivity index (χ4v) is 1.84. The van der Waals surface area contributed by atoms with Gasteiger partial charge in [0, 0.05) is 12.1 Å². The number of aliphatic hydroxyl groups excluding tert-OH is 1. The van der Waals surface area contributed by atoms with Crippen LogP contribution in [0.5, 0.6) is 0 Å². The van der Waals surface area contributed by atoms with Crippen molar-refractivity contribution in [3.8, 4) is 0 Å². The fourth-order valence-electron chi connectivity index (χ4n) is 1.84. The van der Waals surface area contributed by atoms with Gasteiger partial charge in [-0.05, 0) is 24.8 Å². The number of hydrogen-bond donors (Lipinski definition) is 2. The molecule has 0 saturated heterocycles. The van der Waals surface area contributed by atoms with Gasteiger partial charge in [0.2, 0.25) is 0 Å². The molecular formula is C13H21N3O3. The second-order valence-electron chi connectivity index (χ2n) is 5.91. The molecule has 0 amide bonds. The lowest BCUT2D eigenvalue weighted by molar-refractivity contribution is -0.385. The molecule has 0 aromatic carbocycles. The van der Waals surface area contributed by atoms with E-state index in [9.17, 15) is 15.2 Å². The predicted molar refractivity (Wildman–Crippen MR) is 74.2 cm³/mol. The van der Waals surface area contributed by atoms with Crippen LogP contribution < -0.4 is 5.32 Å². The fraction of sp³-hybridized carbons (Fsp3) is 0.615. The van der Waals surface area contributed by atoms with Gasteiger partial charge in [0.05, 0.1) is 11.0 Å². The average Bonchev–Trinajstić information content (AvgIpc) is 2.23. The van der Waals surface area contributed by atoms with Crippen molar-refractivity contribution >= 4 is 11.5 Å². The van der Waals surface area contributed by atoms with Crippen molar-refractivity contribution < 1.29 is 10.0 Å². The third kappa shape index (κ3) is 5.21. The third-order valence-electron chi connectivity index (χ3n) is 2.65. The zero-order valence-corrected chi connectivity index (χ0v) is 11.8. The number of anilines is 1. The minimum atomic E-state index is -0.475. The van der Waals surface area contributed by atoms with Crippen LogP contribution in [0.3, 0.4) is 0 Å². The van der Waals surface area contributed by atoms with E-state index < -0.39 is 11.0 Å². The molecule has 2 N–H and O–H groups in total. The Morgan fingerprint density at radius 3 is 2.63 bits per heavy atom. The van der Waals surface area contributed by atoms with Gasteiger partial charge in [-0.1, -0.05) is 20.8 Å². The van der Waals surface area contributed by atoms with Crippen LogP contribution in [-0.4, -0.2) is 27.7 Å². The molecule has 0 radical (unpaired) electrons. The SMILES string of the molecule is Cc1cc(NCC(O)CC(C)(C)C)ncc1[N+](=O)[O-]. The largest absolute Gasteiger partial charge is 0.391 e. The zero-order valence-electron chi connectivity index (χ0n) is 11.8. The Balaban J connectivity index is 2.59. The molecule has 1 rings (SSSR count). The van der Waals surface area contributed by atoms with E-state index in [4.69, 9.17) is 0 Å². The predicted octanol–water partition coefficient (Wildman–Crippen LogP) is 2.51. The van der Waals surface area contributed by atoms with Gasteiger partial charge in [0.25, 0.3) is 5.69 Å². The van der Waals surface area contributed by atoms with Gasteiger partial charge in [-0.2, -0.15) is 0 Å². The maximum absolute atomic E-state index is 10.7. The van der Waals surface area contributed by atoms with Crippen molar-refractivity contribution in [3.05, 3.63) is 27.9 Å².